The molecule has 4 aromatic rings. The number of aromatic hydroxyl groups is 1. The Kier molecular flexibility index (Phi) is 4.18. The number of fused-ring (bicyclic) bond motifs is 1. The number of ether oxygens (including phenoxy) is 1. The first-order valence-electron chi connectivity index (χ1n) is 8.10. The second-order valence-corrected chi connectivity index (χ2v) is 6.71. The molecule has 2 aromatic carbocycles. The maximum Gasteiger partial charge on any atom is 0.143 e. The molecule has 0 saturated carbocycles. The van der Waals surface area contributed by atoms with Gasteiger partial charge in [0.1, 0.15) is 28.0 Å². The van der Waals surface area contributed by atoms with E-state index in [0.29, 0.717) is 5.82 Å². The van der Waals surface area contributed by atoms with E-state index in [9.17, 15) is 5.11 Å². The molecule has 5 nitrogen and oxygen atoms in total. The summed E-state index contributed by atoms with van der Waals surface area (Å²) in [4.78, 5) is 10.1. The van der Waals surface area contributed by atoms with Crippen LogP contribution in [0.25, 0.3) is 21.3 Å². The Morgan fingerprint density at radius 2 is 1.73 bits per heavy atom. The minimum absolute atomic E-state index is 0.231. The summed E-state index contributed by atoms with van der Waals surface area (Å²) in [6, 6.07) is 14.9. The molecule has 0 aliphatic carbocycles. The number of phenolic OH excluding ortho intramolecular Hbond substituents is 1. The number of hydrogen-bond acceptors (Lipinski definition) is 6. The van der Waals surface area contributed by atoms with Gasteiger partial charge in [-0.3, -0.25) is 0 Å². The van der Waals surface area contributed by atoms with Crippen LogP contribution in [0, 0.1) is 6.92 Å². The van der Waals surface area contributed by atoms with Gasteiger partial charge in [0.05, 0.1) is 12.5 Å². The number of aryl methyl sites for hydroxylation is 1. The van der Waals surface area contributed by atoms with Crippen molar-refractivity contribution in [3.63, 3.8) is 0 Å². The largest absolute Gasteiger partial charge is 0.508 e. The number of methoxy groups -OCH3 is 1. The molecule has 6 heteroatoms. The summed E-state index contributed by atoms with van der Waals surface area (Å²) < 4.78 is 5.25. The first-order chi connectivity index (χ1) is 12.6. The summed E-state index contributed by atoms with van der Waals surface area (Å²) in [5.41, 5.74) is 3.02. The van der Waals surface area contributed by atoms with Crippen molar-refractivity contribution in [3.8, 4) is 22.6 Å². The highest BCUT2D eigenvalue weighted by Gasteiger charge is 2.15. The number of benzene rings is 2. The lowest BCUT2D eigenvalue weighted by atomic mass is 10.1. The highest BCUT2D eigenvalue weighted by molar-refractivity contribution is 7.17. The highest BCUT2D eigenvalue weighted by atomic mass is 32.1. The molecule has 26 heavy (non-hydrogen) atoms. The minimum Gasteiger partial charge on any atom is -0.508 e. The molecule has 0 aliphatic rings. The SMILES string of the molecule is COc1ccc(-c2csc3nc(C)nc(Nc4ccc(O)cc4)c23)cc1. The first kappa shape index (κ1) is 16.4. The topological polar surface area (TPSA) is 67.3 Å². The Bertz CT molecular complexity index is 1060. The summed E-state index contributed by atoms with van der Waals surface area (Å²) in [7, 11) is 1.66. The predicted octanol–water partition coefficient (Wildman–Crippen LogP) is 5.12. The molecule has 2 aromatic heterocycles. The van der Waals surface area contributed by atoms with Gasteiger partial charge in [0.15, 0.2) is 0 Å². The molecule has 0 aliphatic heterocycles. The first-order valence-corrected chi connectivity index (χ1v) is 8.98. The fourth-order valence-electron chi connectivity index (χ4n) is 2.80. The average Bonchev–Trinajstić information content (AvgIpc) is 3.07. The lowest BCUT2D eigenvalue weighted by Gasteiger charge is -2.10. The van der Waals surface area contributed by atoms with Crippen LogP contribution < -0.4 is 10.1 Å². The zero-order chi connectivity index (χ0) is 18.1. The summed E-state index contributed by atoms with van der Waals surface area (Å²) >= 11 is 1.60. The zero-order valence-corrected chi connectivity index (χ0v) is 15.2. The molecule has 0 spiro atoms. The number of phenols is 1. The molecular formula is C20H17N3O2S. The lowest BCUT2D eigenvalue weighted by Crippen LogP contribution is -1.98. The third-order valence-corrected chi connectivity index (χ3v) is 4.95. The highest BCUT2D eigenvalue weighted by Crippen LogP contribution is 2.38. The quantitative estimate of drug-likeness (QED) is 0.492. The van der Waals surface area contributed by atoms with Gasteiger partial charge in [0.2, 0.25) is 0 Å². The van der Waals surface area contributed by atoms with Crippen LogP contribution in [0.5, 0.6) is 11.5 Å². The van der Waals surface area contributed by atoms with Gasteiger partial charge >= 0.3 is 0 Å². The van der Waals surface area contributed by atoms with Crippen LogP contribution in [0.1, 0.15) is 5.82 Å². The summed E-state index contributed by atoms with van der Waals surface area (Å²) in [6.45, 7) is 1.88. The number of aromatic nitrogens is 2. The number of anilines is 2. The number of nitrogens with one attached hydrogen (secondary N) is 1. The van der Waals surface area contributed by atoms with E-state index in [1.165, 1.54) is 0 Å². The van der Waals surface area contributed by atoms with Gasteiger partial charge in [-0.25, -0.2) is 9.97 Å². The molecule has 0 bridgehead atoms. The zero-order valence-electron chi connectivity index (χ0n) is 14.4. The van der Waals surface area contributed by atoms with Crippen LogP contribution in [0.3, 0.4) is 0 Å². The van der Waals surface area contributed by atoms with E-state index in [2.05, 4.69) is 20.7 Å². The molecule has 0 saturated heterocycles. The van der Waals surface area contributed by atoms with Crippen LogP contribution >= 0.6 is 11.3 Å². The van der Waals surface area contributed by atoms with Crippen LogP contribution in [-0.4, -0.2) is 22.2 Å². The van der Waals surface area contributed by atoms with Crippen LogP contribution in [0.15, 0.2) is 53.9 Å². The van der Waals surface area contributed by atoms with Crippen molar-refractivity contribution in [2.24, 2.45) is 0 Å². The Labute approximate surface area is 154 Å². The molecule has 0 radical (unpaired) electrons. The normalized spacial score (nSPS) is 10.8. The number of hydrogen-bond donors (Lipinski definition) is 2. The Hall–Kier alpha value is -3.12. The van der Waals surface area contributed by atoms with E-state index in [1.807, 2.05) is 43.3 Å². The van der Waals surface area contributed by atoms with Crippen molar-refractivity contribution in [2.45, 2.75) is 6.92 Å². The monoisotopic (exact) mass is 363 g/mol. The molecule has 130 valence electrons. The van der Waals surface area contributed by atoms with Crippen molar-refractivity contribution >= 4 is 33.1 Å². The second kappa shape index (κ2) is 6.65. The molecule has 4 rings (SSSR count). The van der Waals surface area contributed by atoms with Crippen LogP contribution in [0.2, 0.25) is 0 Å². The summed E-state index contributed by atoms with van der Waals surface area (Å²) in [5.74, 6) is 2.52. The molecular weight excluding hydrogens is 346 g/mol. The van der Waals surface area contributed by atoms with E-state index in [-0.39, 0.29) is 5.75 Å². The maximum atomic E-state index is 9.48. The van der Waals surface area contributed by atoms with Crippen LogP contribution in [-0.2, 0) is 0 Å². The van der Waals surface area contributed by atoms with Gasteiger partial charge in [-0.15, -0.1) is 11.3 Å². The van der Waals surface area contributed by atoms with Gasteiger partial charge in [-0.05, 0) is 48.9 Å². The lowest BCUT2D eigenvalue weighted by molar-refractivity contribution is 0.415. The fourth-order valence-corrected chi connectivity index (χ4v) is 3.80. The van der Waals surface area contributed by atoms with E-state index in [1.54, 1.807) is 30.6 Å². The van der Waals surface area contributed by atoms with Gasteiger partial charge in [0, 0.05) is 16.6 Å². The van der Waals surface area contributed by atoms with Crippen molar-refractivity contribution in [3.05, 3.63) is 59.7 Å². The predicted molar refractivity (Wildman–Crippen MR) is 106 cm³/mol. The van der Waals surface area contributed by atoms with Gasteiger partial charge in [-0.2, -0.15) is 0 Å². The second-order valence-electron chi connectivity index (χ2n) is 5.85. The third-order valence-electron chi connectivity index (χ3n) is 4.08. The Morgan fingerprint density at radius 3 is 2.42 bits per heavy atom. The number of rotatable bonds is 4. The van der Waals surface area contributed by atoms with E-state index >= 15 is 0 Å². The van der Waals surface area contributed by atoms with Crippen molar-refractivity contribution in [1.82, 2.24) is 9.97 Å². The van der Waals surface area contributed by atoms with E-state index in [0.717, 1.165) is 38.6 Å². The minimum atomic E-state index is 0.231. The van der Waals surface area contributed by atoms with Gasteiger partial charge < -0.3 is 15.2 Å². The standard InChI is InChI=1S/C20H17N3O2S/c1-12-21-19(23-14-5-7-15(24)8-6-14)18-17(11-26-20(18)22-12)13-3-9-16(25-2)10-4-13/h3-11,24H,1-2H3,(H,21,22,23). The summed E-state index contributed by atoms with van der Waals surface area (Å²) in [6.07, 6.45) is 0. The average molecular weight is 363 g/mol. The Balaban J connectivity index is 1.83. The van der Waals surface area contributed by atoms with Crippen molar-refractivity contribution in [1.29, 1.82) is 0 Å². The third kappa shape index (κ3) is 3.07. The smallest absolute Gasteiger partial charge is 0.143 e. The number of thiophene rings is 1. The van der Waals surface area contributed by atoms with Gasteiger partial charge in [-0.1, -0.05) is 12.1 Å². The van der Waals surface area contributed by atoms with E-state index < -0.39 is 0 Å². The molecule has 0 fully saturated rings. The van der Waals surface area contributed by atoms with Crippen LogP contribution in [0.4, 0.5) is 11.5 Å². The number of nitrogens with zero attached hydrogens (tertiary/aromatic N) is 2. The molecule has 0 unspecified atom stereocenters. The summed E-state index contributed by atoms with van der Waals surface area (Å²) in [5, 5.41) is 15.9. The van der Waals surface area contributed by atoms with Crippen molar-refractivity contribution < 1.29 is 9.84 Å². The molecule has 2 N–H and O–H groups in total. The maximum absolute atomic E-state index is 9.48. The fraction of sp³-hybridized carbons (Fsp3) is 0.100. The molecule has 0 atom stereocenters. The van der Waals surface area contributed by atoms with Crippen molar-refractivity contribution in [2.75, 3.05) is 12.4 Å². The van der Waals surface area contributed by atoms with E-state index in [4.69, 9.17) is 4.74 Å². The Morgan fingerprint density at radius 1 is 1.00 bits per heavy atom. The molecule has 2 heterocycles. The van der Waals surface area contributed by atoms with Gasteiger partial charge in [0.25, 0.3) is 0 Å². The molecule has 0 amide bonds.